The zero-order chi connectivity index (χ0) is 20.8. The van der Waals surface area contributed by atoms with Crippen LogP contribution >= 0.6 is 23.4 Å². The van der Waals surface area contributed by atoms with E-state index in [1.165, 1.54) is 14.2 Å². The molecule has 1 heterocycles. The van der Waals surface area contributed by atoms with Gasteiger partial charge in [-0.3, -0.25) is 4.79 Å². The van der Waals surface area contributed by atoms with Gasteiger partial charge in [-0.05, 0) is 24.3 Å². The molecule has 0 radical (unpaired) electrons. The van der Waals surface area contributed by atoms with Gasteiger partial charge in [0, 0.05) is 17.7 Å². The number of anilines is 1. The Balaban J connectivity index is 1.62. The van der Waals surface area contributed by atoms with Crippen LogP contribution in [0.3, 0.4) is 0 Å². The molecular weight excluding hydrogens is 418 g/mol. The molecule has 152 valence electrons. The van der Waals surface area contributed by atoms with Crippen molar-refractivity contribution in [3.05, 3.63) is 41.4 Å². The van der Waals surface area contributed by atoms with Crippen molar-refractivity contribution in [2.24, 2.45) is 0 Å². The average Bonchev–Trinajstić information content (AvgIpc) is 3.22. The number of nitrogens with zero attached hydrogens (tertiary/aromatic N) is 2. The molecule has 1 amide bonds. The maximum Gasteiger partial charge on any atom is 0.277 e. The van der Waals surface area contributed by atoms with Gasteiger partial charge in [-0.15, -0.1) is 10.2 Å². The maximum absolute atomic E-state index is 12.3. The van der Waals surface area contributed by atoms with Crippen LogP contribution in [0.5, 0.6) is 17.2 Å². The van der Waals surface area contributed by atoms with Gasteiger partial charge in [0.25, 0.3) is 5.22 Å². The first-order chi connectivity index (χ1) is 14.0. The van der Waals surface area contributed by atoms with Crippen molar-refractivity contribution in [3.8, 4) is 28.7 Å². The van der Waals surface area contributed by atoms with Crippen LogP contribution in [0.2, 0.25) is 5.02 Å². The first-order valence-corrected chi connectivity index (χ1v) is 9.72. The van der Waals surface area contributed by atoms with Gasteiger partial charge in [-0.25, -0.2) is 0 Å². The SMILES string of the molecule is COc1ccc(-c2nnc(SCC(=O)Nc3cc(OC)c(Cl)cc3OC)o2)cc1. The van der Waals surface area contributed by atoms with Crippen LogP contribution < -0.4 is 19.5 Å². The largest absolute Gasteiger partial charge is 0.497 e. The van der Waals surface area contributed by atoms with E-state index in [9.17, 15) is 4.79 Å². The molecule has 0 fully saturated rings. The minimum Gasteiger partial charge on any atom is -0.497 e. The molecular formula is C19H18ClN3O5S. The lowest BCUT2D eigenvalue weighted by molar-refractivity contribution is -0.113. The van der Waals surface area contributed by atoms with Gasteiger partial charge >= 0.3 is 0 Å². The fraction of sp³-hybridized carbons (Fsp3) is 0.211. The summed E-state index contributed by atoms with van der Waals surface area (Å²) >= 11 is 7.19. The number of benzene rings is 2. The number of nitrogens with one attached hydrogen (secondary N) is 1. The number of methoxy groups -OCH3 is 3. The molecule has 0 aliphatic rings. The topological polar surface area (TPSA) is 95.7 Å². The van der Waals surface area contributed by atoms with E-state index in [2.05, 4.69) is 15.5 Å². The zero-order valence-electron chi connectivity index (χ0n) is 15.9. The Labute approximate surface area is 176 Å². The van der Waals surface area contributed by atoms with Gasteiger partial charge in [0.05, 0.1) is 37.8 Å². The van der Waals surface area contributed by atoms with E-state index in [1.807, 2.05) is 12.1 Å². The monoisotopic (exact) mass is 435 g/mol. The third-order valence-electron chi connectivity index (χ3n) is 3.82. The quantitative estimate of drug-likeness (QED) is 0.527. The van der Waals surface area contributed by atoms with Crippen molar-refractivity contribution in [2.45, 2.75) is 5.22 Å². The Hall–Kier alpha value is -2.91. The minimum absolute atomic E-state index is 0.0678. The molecule has 0 spiro atoms. The van der Waals surface area contributed by atoms with Crippen molar-refractivity contribution < 1.29 is 23.4 Å². The van der Waals surface area contributed by atoms with E-state index in [-0.39, 0.29) is 16.9 Å². The predicted octanol–water partition coefficient (Wildman–Crippen LogP) is 4.15. The molecule has 3 aromatic rings. The number of amides is 1. The standard InChI is InChI=1S/C19H18ClN3O5S/c1-25-12-6-4-11(5-7-12)18-22-23-19(28-18)29-10-17(24)21-14-9-15(26-2)13(20)8-16(14)27-3/h4-9H,10H2,1-3H3,(H,21,24). The van der Waals surface area contributed by atoms with E-state index >= 15 is 0 Å². The highest BCUT2D eigenvalue weighted by Crippen LogP contribution is 2.36. The highest BCUT2D eigenvalue weighted by Gasteiger charge is 2.15. The molecule has 0 aliphatic heterocycles. The second-order valence-corrected chi connectivity index (χ2v) is 6.96. The molecule has 0 saturated heterocycles. The summed E-state index contributed by atoms with van der Waals surface area (Å²) in [4.78, 5) is 12.3. The second kappa shape index (κ2) is 9.53. The summed E-state index contributed by atoms with van der Waals surface area (Å²) in [6.07, 6.45) is 0. The molecule has 8 nitrogen and oxygen atoms in total. The van der Waals surface area contributed by atoms with Crippen LogP contribution in [0.4, 0.5) is 5.69 Å². The molecule has 0 saturated carbocycles. The van der Waals surface area contributed by atoms with Crippen LogP contribution in [-0.4, -0.2) is 43.2 Å². The number of carbonyl (C=O) groups is 1. The van der Waals surface area contributed by atoms with Crippen LogP contribution in [0.1, 0.15) is 0 Å². The molecule has 0 atom stereocenters. The number of carbonyl (C=O) groups excluding carboxylic acids is 1. The van der Waals surface area contributed by atoms with E-state index in [1.54, 1.807) is 31.4 Å². The smallest absolute Gasteiger partial charge is 0.277 e. The van der Waals surface area contributed by atoms with Gasteiger partial charge in [-0.1, -0.05) is 23.4 Å². The third-order valence-corrected chi connectivity index (χ3v) is 4.93. The lowest BCUT2D eigenvalue weighted by Crippen LogP contribution is -2.14. The number of halogens is 1. The number of aromatic nitrogens is 2. The zero-order valence-corrected chi connectivity index (χ0v) is 17.5. The van der Waals surface area contributed by atoms with Crippen molar-refractivity contribution >= 4 is 35.0 Å². The summed E-state index contributed by atoms with van der Waals surface area (Å²) in [6, 6.07) is 10.4. The normalized spacial score (nSPS) is 10.5. The fourth-order valence-corrected chi connectivity index (χ4v) is 3.18. The maximum atomic E-state index is 12.3. The average molecular weight is 436 g/mol. The van der Waals surface area contributed by atoms with Crippen LogP contribution in [0.25, 0.3) is 11.5 Å². The van der Waals surface area contributed by atoms with E-state index in [0.717, 1.165) is 23.1 Å². The summed E-state index contributed by atoms with van der Waals surface area (Å²) in [6.45, 7) is 0. The number of hydrogen-bond acceptors (Lipinski definition) is 8. The second-order valence-electron chi connectivity index (χ2n) is 5.63. The molecule has 10 heteroatoms. The van der Waals surface area contributed by atoms with Crippen molar-refractivity contribution in [1.82, 2.24) is 10.2 Å². The van der Waals surface area contributed by atoms with Gasteiger partial charge in [-0.2, -0.15) is 0 Å². The van der Waals surface area contributed by atoms with Crippen molar-refractivity contribution in [1.29, 1.82) is 0 Å². The Morgan fingerprint density at radius 1 is 1.07 bits per heavy atom. The van der Waals surface area contributed by atoms with Gasteiger partial charge in [0.1, 0.15) is 17.2 Å². The predicted molar refractivity (Wildman–Crippen MR) is 110 cm³/mol. The number of rotatable bonds is 8. The van der Waals surface area contributed by atoms with Gasteiger partial charge in [0.15, 0.2) is 0 Å². The van der Waals surface area contributed by atoms with E-state index in [0.29, 0.717) is 28.1 Å². The Morgan fingerprint density at radius 3 is 2.45 bits per heavy atom. The lowest BCUT2D eigenvalue weighted by Gasteiger charge is -2.12. The van der Waals surface area contributed by atoms with Gasteiger partial charge < -0.3 is 23.9 Å². The Kier molecular flexibility index (Phi) is 6.84. The Bertz CT molecular complexity index is 994. The molecule has 29 heavy (non-hydrogen) atoms. The number of hydrogen-bond donors (Lipinski definition) is 1. The summed E-state index contributed by atoms with van der Waals surface area (Å²) in [5.74, 6) is 1.73. The molecule has 2 aromatic carbocycles. The molecule has 3 rings (SSSR count). The minimum atomic E-state index is -0.276. The summed E-state index contributed by atoms with van der Waals surface area (Å²) < 4.78 is 21.1. The molecule has 0 bridgehead atoms. The van der Waals surface area contributed by atoms with Crippen molar-refractivity contribution in [3.63, 3.8) is 0 Å². The van der Waals surface area contributed by atoms with E-state index in [4.69, 9.17) is 30.2 Å². The van der Waals surface area contributed by atoms with Gasteiger partial charge in [0.2, 0.25) is 11.8 Å². The molecule has 0 aliphatic carbocycles. The van der Waals surface area contributed by atoms with E-state index < -0.39 is 0 Å². The summed E-state index contributed by atoms with van der Waals surface area (Å²) in [7, 11) is 4.57. The number of thioether (sulfide) groups is 1. The molecule has 1 aromatic heterocycles. The summed E-state index contributed by atoms with van der Waals surface area (Å²) in [5, 5.41) is 11.4. The lowest BCUT2D eigenvalue weighted by atomic mass is 10.2. The first kappa shape index (κ1) is 20.8. The highest BCUT2D eigenvalue weighted by atomic mass is 35.5. The number of ether oxygens (including phenoxy) is 3. The third kappa shape index (κ3) is 5.12. The van der Waals surface area contributed by atoms with Crippen LogP contribution in [0.15, 0.2) is 46.0 Å². The van der Waals surface area contributed by atoms with Crippen LogP contribution in [-0.2, 0) is 4.79 Å². The first-order valence-electron chi connectivity index (χ1n) is 8.36. The van der Waals surface area contributed by atoms with Crippen LogP contribution in [0, 0.1) is 0 Å². The summed E-state index contributed by atoms with van der Waals surface area (Å²) in [5.41, 5.74) is 1.20. The highest BCUT2D eigenvalue weighted by molar-refractivity contribution is 7.99. The molecule has 0 unspecified atom stereocenters. The molecule has 1 N–H and O–H groups in total. The Morgan fingerprint density at radius 2 is 1.79 bits per heavy atom. The van der Waals surface area contributed by atoms with Crippen molar-refractivity contribution in [2.75, 3.05) is 32.4 Å². The fourth-order valence-electron chi connectivity index (χ4n) is 2.39.